The van der Waals surface area contributed by atoms with E-state index in [1.165, 1.54) is 6.26 Å². The van der Waals surface area contributed by atoms with Gasteiger partial charge in [-0.3, -0.25) is 4.79 Å². The molecule has 2 heterocycles. The molecule has 1 fully saturated rings. The fraction of sp³-hybridized carbons (Fsp3) is 0.615. The van der Waals surface area contributed by atoms with E-state index in [1.807, 2.05) is 0 Å². The Bertz CT molecular complexity index is 401. The van der Waals surface area contributed by atoms with Crippen LogP contribution in [0.1, 0.15) is 29.6 Å². The minimum absolute atomic E-state index is 0.118. The SMILES string of the molecule is O=C(NCCCOCC1CCCO1)c1ccoc1Cl. The second kappa shape index (κ2) is 7.53. The summed E-state index contributed by atoms with van der Waals surface area (Å²) < 4.78 is 15.8. The number of furan rings is 1. The Kier molecular flexibility index (Phi) is 5.69. The third-order valence-electron chi connectivity index (χ3n) is 2.94. The van der Waals surface area contributed by atoms with Gasteiger partial charge in [0.05, 0.1) is 24.5 Å². The summed E-state index contributed by atoms with van der Waals surface area (Å²) >= 11 is 5.70. The lowest BCUT2D eigenvalue weighted by Crippen LogP contribution is -2.25. The van der Waals surface area contributed by atoms with Gasteiger partial charge in [-0.15, -0.1) is 0 Å². The summed E-state index contributed by atoms with van der Waals surface area (Å²) in [4.78, 5) is 11.7. The fourth-order valence-corrected chi connectivity index (χ4v) is 2.12. The molecule has 0 saturated carbocycles. The molecule has 0 radical (unpaired) electrons. The molecule has 2 rings (SSSR count). The molecule has 1 aliphatic rings. The van der Waals surface area contributed by atoms with Crippen molar-refractivity contribution in [2.75, 3.05) is 26.4 Å². The van der Waals surface area contributed by atoms with Gasteiger partial charge in [-0.1, -0.05) is 0 Å². The predicted octanol–water partition coefficient (Wildman–Crippen LogP) is 2.25. The van der Waals surface area contributed by atoms with E-state index in [-0.39, 0.29) is 17.2 Å². The van der Waals surface area contributed by atoms with E-state index in [9.17, 15) is 4.79 Å². The van der Waals surface area contributed by atoms with Crippen LogP contribution in [-0.2, 0) is 9.47 Å². The molecule has 1 saturated heterocycles. The maximum Gasteiger partial charge on any atom is 0.256 e. The van der Waals surface area contributed by atoms with E-state index in [0.717, 1.165) is 25.9 Å². The fourth-order valence-electron chi connectivity index (χ4n) is 1.92. The van der Waals surface area contributed by atoms with E-state index < -0.39 is 0 Å². The van der Waals surface area contributed by atoms with Crippen LogP contribution in [0.25, 0.3) is 0 Å². The normalized spacial score (nSPS) is 18.7. The Labute approximate surface area is 117 Å². The van der Waals surface area contributed by atoms with Crippen LogP contribution in [0, 0.1) is 0 Å². The molecule has 19 heavy (non-hydrogen) atoms. The van der Waals surface area contributed by atoms with Crippen LogP contribution in [0.15, 0.2) is 16.7 Å². The van der Waals surface area contributed by atoms with Crippen molar-refractivity contribution in [2.24, 2.45) is 0 Å². The summed E-state index contributed by atoms with van der Waals surface area (Å²) in [5.74, 6) is -0.224. The molecule has 0 bridgehead atoms. The summed E-state index contributed by atoms with van der Waals surface area (Å²) in [5.41, 5.74) is 0.363. The van der Waals surface area contributed by atoms with Gasteiger partial charge in [0.15, 0.2) is 0 Å². The highest BCUT2D eigenvalue weighted by atomic mass is 35.5. The van der Waals surface area contributed by atoms with E-state index in [4.69, 9.17) is 25.5 Å². The standard InChI is InChI=1S/C13H18ClNO4/c14-12-11(4-8-19-12)13(16)15-5-2-6-17-9-10-3-1-7-18-10/h4,8,10H,1-3,5-7,9H2,(H,15,16). The zero-order chi connectivity index (χ0) is 13.5. The molecule has 6 heteroatoms. The van der Waals surface area contributed by atoms with Crippen LogP contribution in [0.2, 0.25) is 5.22 Å². The van der Waals surface area contributed by atoms with Crippen LogP contribution in [0.3, 0.4) is 0 Å². The average Bonchev–Trinajstić information content (AvgIpc) is 3.04. The first kappa shape index (κ1) is 14.4. The quantitative estimate of drug-likeness (QED) is 0.782. The van der Waals surface area contributed by atoms with Crippen LogP contribution in [0.4, 0.5) is 0 Å². The number of hydrogen-bond acceptors (Lipinski definition) is 4. The number of ether oxygens (including phenoxy) is 2. The Morgan fingerprint density at radius 2 is 2.47 bits per heavy atom. The van der Waals surface area contributed by atoms with Gasteiger partial charge >= 0.3 is 0 Å². The number of hydrogen-bond donors (Lipinski definition) is 1. The first-order valence-corrected chi connectivity index (χ1v) is 6.85. The summed E-state index contributed by atoms with van der Waals surface area (Å²) in [6.07, 6.45) is 4.60. The van der Waals surface area contributed by atoms with Crippen LogP contribution >= 0.6 is 11.6 Å². The average molecular weight is 288 g/mol. The molecule has 1 unspecified atom stereocenters. The summed E-state index contributed by atoms with van der Waals surface area (Å²) in [6, 6.07) is 1.55. The molecule has 1 amide bonds. The maximum atomic E-state index is 11.7. The van der Waals surface area contributed by atoms with Gasteiger partial charge in [-0.2, -0.15) is 0 Å². The van der Waals surface area contributed by atoms with Crippen molar-refractivity contribution >= 4 is 17.5 Å². The van der Waals surface area contributed by atoms with Gasteiger partial charge in [-0.25, -0.2) is 0 Å². The van der Waals surface area contributed by atoms with Gasteiger partial charge in [0.2, 0.25) is 5.22 Å². The van der Waals surface area contributed by atoms with Crippen molar-refractivity contribution in [3.05, 3.63) is 23.1 Å². The molecule has 1 N–H and O–H groups in total. The zero-order valence-electron chi connectivity index (χ0n) is 10.7. The van der Waals surface area contributed by atoms with Crippen LogP contribution in [0.5, 0.6) is 0 Å². The number of rotatable bonds is 7. The van der Waals surface area contributed by atoms with Crippen molar-refractivity contribution in [1.82, 2.24) is 5.32 Å². The van der Waals surface area contributed by atoms with Gasteiger partial charge in [0.25, 0.3) is 5.91 Å². The van der Waals surface area contributed by atoms with Crippen LogP contribution < -0.4 is 5.32 Å². The molecule has 1 aliphatic heterocycles. The largest absolute Gasteiger partial charge is 0.452 e. The minimum Gasteiger partial charge on any atom is -0.452 e. The summed E-state index contributed by atoms with van der Waals surface area (Å²) in [7, 11) is 0. The highest BCUT2D eigenvalue weighted by Gasteiger charge is 2.15. The lowest BCUT2D eigenvalue weighted by Gasteiger charge is -2.10. The molecule has 0 spiro atoms. The van der Waals surface area contributed by atoms with Gasteiger partial charge in [0, 0.05) is 19.8 Å². The Hall–Kier alpha value is -1.04. The lowest BCUT2D eigenvalue weighted by molar-refractivity contribution is 0.0166. The Morgan fingerprint density at radius 1 is 1.58 bits per heavy atom. The first-order chi connectivity index (χ1) is 9.27. The van der Waals surface area contributed by atoms with E-state index in [0.29, 0.717) is 25.3 Å². The number of carbonyl (C=O) groups excluding carboxylic acids is 1. The predicted molar refractivity (Wildman–Crippen MR) is 70.5 cm³/mol. The molecular formula is C13H18ClNO4. The first-order valence-electron chi connectivity index (χ1n) is 6.48. The molecule has 0 aliphatic carbocycles. The van der Waals surface area contributed by atoms with Crippen molar-refractivity contribution < 1.29 is 18.7 Å². The van der Waals surface area contributed by atoms with Gasteiger partial charge in [-0.05, 0) is 36.9 Å². The Morgan fingerprint density at radius 3 is 3.16 bits per heavy atom. The van der Waals surface area contributed by atoms with Gasteiger partial charge in [0.1, 0.15) is 0 Å². The molecule has 0 aromatic carbocycles. The number of amides is 1. The van der Waals surface area contributed by atoms with E-state index >= 15 is 0 Å². The Balaban J connectivity index is 1.52. The monoisotopic (exact) mass is 287 g/mol. The topological polar surface area (TPSA) is 60.7 Å². The molecular weight excluding hydrogens is 270 g/mol. The van der Waals surface area contributed by atoms with Crippen molar-refractivity contribution in [1.29, 1.82) is 0 Å². The van der Waals surface area contributed by atoms with Crippen LogP contribution in [-0.4, -0.2) is 38.4 Å². The van der Waals surface area contributed by atoms with Crippen molar-refractivity contribution in [2.45, 2.75) is 25.4 Å². The second-order valence-corrected chi connectivity index (χ2v) is 4.77. The van der Waals surface area contributed by atoms with Crippen molar-refractivity contribution in [3.8, 4) is 0 Å². The second-order valence-electron chi connectivity index (χ2n) is 4.43. The highest BCUT2D eigenvalue weighted by molar-refractivity contribution is 6.32. The number of carbonyl (C=O) groups is 1. The minimum atomic E-state index is -0.224. The van der Waals surface area contributed by atoms with Crippen molar-refractivity contribution in [3.63, 3.8) is 0 Å². The third kappa shape index (κ3) is 4.53. The highest BCUT2D eigenvalue weighted by Crippen LogP contribution is 2.16. The summed E-state index contributed by atoms with van der Waals surface area (Å²) in [5, 5.41) is 2.88. The third-order valence-corrected chi connectivity index (χ3v) is 3.23. The van der Waals surface area contributed by atoms with E-state index in [2.05, 4.69) is 5.32 Å². The smallest absolute Gasteiger partial charge is 0.256 e. The molecule has 1 aromatic rings. The molecule has 106 valence electrons. The molecule has 1 aromatic heterocycles. The molecule has 1 atom stereocenters. The zero-order valence-corrected chi connectivity index (χ0v) is 11.4. The maximum absolute atomic E-state index is 11.7. The summed E-state index contributed by atoms with van der Waals surface area (Å²) in [6.45, 7) is 2.64. The lowest BCUT2D eigenvalue weighted by atomic mass is 10.2. The van der Waals surface area contributed by atoms with E-state index in [1.54, 1.807) is 6.07 Å². The number of halogens is 1. The molecule has 5 nitrogen and oxygen atoms in total. The van der Waals surface area contributed by atoms with Gasteiger partial charge < -0.3 is 19.2 Å². The number of nitrogens with one attached hydrogen (secondary N) is 1.